The van der Waals surface area contributed by atoms with Crippen molar-refractivity contribution in [3.8, 4) is 11.5 Å². The molecule has 0 saturated carbocycles. The molecule has 0 aliphatic rings. The Labute approximate surface area is 164 Å². The highest BCUT2D eigenvalue weighted by Gasteiger charge is 2.05. The van der Waals surface area contributed by atoms with Gasteiger partial charge in [0.05, 0.1) is 18.2 Å². The lowest BCUT2D eigenvalue weighted by molar-refractivity contribution is -0.116. The standard InChI is InChI=1S/C20H23Cl2NO3/c1-2-3-12-25-17-9-7-16(8-10-17)23-20(24)5-4-13-26-19-11-6-15(21)14-18(19)22/h6-11,14H,2-5,12-13H2,1H3,(H,23,24). The summed E-state index contributed by atoms with van der Waals surface area (Å²) in [6, 6.07) is 12.4. The molecule has 26 heavy (non-hydrogen) atoms. The number of anilines is 1. The molecule has 0 aromatic heterocycles. The molecule has 1 N–H and O–H groups in total. The lowest BCUT2D eigenvalue weighted by Gasteiger charge is -2.09. The van der Waals surface area contributed by atoms with E-state index in [1.807, 2.05) is 24.3 Å². The van der Waals surface area contributed by atoms with Gasteiger partial charge in [-0.25, -0.2) is 0 Å². The molecule has 0 aliphatic heterocycles. The van der Waals surface area contributed by atoms with Crippen molar-refractivity contribution >= 4 is 34.8 Å². The van der Waals surface area contributed by atoms with E-state index in [9.17, 15) is 4.79 Å². The van der Waals surface area contributed by atoms with E-state index in [-0.39, 0.29) is 5.91 Å². The number of unbranched alkanes of at least 4 members (excludes halogenated alkanes) is 1. The predicted octanol–water partition coefficient (Wildman–Crippen LogP) is 5.97. The average molecular weight is 396 g/mol. The summed E-state index contributed by atoms with van der Waals surface area (Å²) in [6.45, 7) is 3.23. The third-order valence-electron chi connectivity index (χ3n) is 3.60. The molecule has 0 fully saturated rings. The lowest BCUT2D eigenvalue weighted by atomic mass is 10.2. The number of carbonyl (C=O) groups excluding carboxylic acids is 1. The van der Waals surface area contributed by atoms with E-state index in [1.165, 1.54) is 0 Å². The van der Waals surface area contributed by atoms with Crippen LogP contribution >= 0.6 is 23.2 Å². The largest absolute Gasteiger partial charge is 0.494 e. The van der Waals surface area contributed by atoms with E-state index in [0.717, 1.165) is 24.3 Å². The highest BCUT2D eigenvalue weighted by atomic mass is 35.5. The summed E-state index contributed by atoms with van der Waals surface area (Å²) >= 11 is 11.9. The summed E-state index contributed by atoms with van der Waals surface area (Å²) < 4.78 is 11.2. The highest BCUT2D eigenvalue weighted by molar-refractivity contribution is 6.35. The first-order chi connectivity index (χ1) is 12.6. The van der Waals surface area contributed by atoms with Gasteiger partial charge in [0.2, 0.25) is 5.91 Å². The topological polar surface area (TPSA) is 47.6 Å². The van der Waals surface area contributed by atoms with Gasteiger partial charge in [-0.1, -0.05) is 36.5 Å². The van der Waals surface area contributed by atoms with Crippen molar-refractivity contribution < 1.29 is 14.3 Å². The fourth-order valence-electron chi connectivity index (χ4n) is 2.20. The van der Waals surface area contributed by atoms with Gasteiger partial charge in [-0.2, -0.15) is 0 Å². The van der Waals surface area contributed by atoms with E-state index in [4.69, 9.17) is 32.7 Å². The van der Waals surface area contributed by atoms with E-state index in [2.05, 4.69) is 12.2 Å². The zero-order chi connectivity index (χ0) is 18.8. The fourth-order valence-corrected chi connectivity index (χ4v) is 2.66. The van der Waals surface area contributed by atoms with Crippen LogP contribution in [0.5, 0.6) is 11.5 Å². The molecule has 140 valence electrons. The van der Waals surface area contributed by atoms with Gasteiger partial charge in [0.25, 0.3) is 0 Å². The number of ether oxygens (including phenoxy) is 2. The number of halogens is 2. The molecule has 0 spiro atoms. The zero-order valence-electron chi connectivity index (χ0n) is 14.8. The van der Waals surface area contributed by atoms with Gasteiger partial charge in [-0.3, -0.25) is 4.79 Å². The van der Waals surface area contributed by atoms with Gasteiger partial charge in [0.15, 0.2) is 0 Å². The van der Waals surface area contributed by atoms with Crippen molar-refractivity contribution in [2.75, 3.05) is 18.5 Å². The van der Waals surface area contributed by atoms with Crippen LogP contribution in [0.15, 0.2) is 42.5 Å². The predicted molar refractivity (Wildman–Crippen MR) is 107 cm³/mol. The summed E-state index contributed by atoms with van der Waals surface area (Å²) in [7, 11) is 0. The van der Waals surface area contributed by atoms with Crippen LogP contribution in [-0.4, -0.2) is 19.1 Å². The molecule has 2 aromatic carbocycles. The molecule has 2 rings (SSSR count). The summed E-state index contributed by atoms with van der Waals surface area (Å²) in [5.74, 6) is 1.32. The van der Waals surface area contributed by atoms with E-state index in [0.29, 0.717) is 41.9 Å². The number of nitrogens with one attached hydrogen (secondary N) is 1. The van der Waals surface area contributed by atoms with Crippen molar-refractivity contribution in [2.24, 2.45) is 0 Å². The number of rotatable bonds is 10. The Morgan fingerprint density at radius 1 is 1.00 bits per heavy atom. The summed E-state index contributed by atoms with van der Waals surface area (Å²) in [6.07, 6.45) is 3.08. The van der Waals surface area contributed by atoms with Gasteiger partial charge < -0.3 is 14.8 Å². The van der Waals surface area contributed by atoms with Crippen LogP contribution in [0.1, 0.15) is 32.6 Å². The molecule has 1 amide bonds. The van der Waals surface area contributed by atoms with Crippen molar-refractivity contribution in [1.82, 2.24) is 0 Å². The second-order valence-electron chi connectivity index (χ2n) is 5.80. The number of benzene rings is 2. The van der Waals surface area contributed by atoms with Crippen molar-refractivity contribution in [2.45, 2.75) is 32.6 Å². The summed E-state index contributed by atoms with van der Waals surface area (Å²) in [4.78, 5) is 12.0. The Bertz CT molecular complexity index is 705. The second kappa shape index (κ2) is 10.9. The van der Waals surface area contributed by atoms with Crippen molar-refractivity contribution in [3.63, 3.8) is 0 Å². The quantitative estimate of drug-likeness (QED) is 0.504. The number of hydrogen-bond donors (Lipinski definition) is 1. The maximum Gasteiger partial charge on any atom is 0.224 e. The SMILES string of the molecule is CCCCOc1ccc(NC(=O)CCCOc2ccc(Cl)cc2Cl)cc1. The number of hydrogen-bond acceptors (Lipinski definition) is 3. The first-order valence-corrected chi connectivity index (χ1v) is 9.44. The first kappa shape index (κ1) is 20.4. The molecule has 0 saturated heterocycles. The van der Waals surface area contributed by atoms with Gasteiger partial charge in [0.1, 0.15) is 11.5 Å². The molecule has 2 aromatic rings. The minimum atomic E-state index is -0.0598. The number of amides is 1. The molecule has 0 bridgehead atoms. The maximum atomic E-state index is 12.0. The molecule has 0 atom stereocenters. The Morgan fingerprint density at radius 3 is 2.42 bits per heavy atom. The van der Waals surface area contributed by atoms with E-state index >= 15 is 0 Å². The van der Waals surface area contributed by atoms with Gasteiger partial charge in [-0.15, -0.1) is 0 Å². The van der Waals surface area contributed by atoms with E-state index < -0.39 is 0 Å². The van der Waals surface area contributed by atoms with Crippen LogP contribution in [-0.2, 0) is 4.79 Å². The molecule has 6 heteroatoms. The minimum Gasteiger partial charge on any atom is -0.494 e. The van der Waals surface area contributed by atoms with E-state index in [1.54, 1.807) is 18.2 Å². The first-order valence-electron chi connectivity index (χ1n) is 8.69. The summed E-state index contributed by atoms with van der Waals surface area (Å²) in [5.41, 5.74) is 0.750. The average Bonchev–Trinajstić information content (AvgIpc) is 2.62. The Balaban J connectivity index is 1.68. The number of carbonyl (C=O) groups is 1. The molecular formula is C20H23Cl2NO3. The fraction of sp³-hybridized carbons (Fsp3) is 0.350. The lowest BCUT2D eigenvalue weighted by Crippen LogP contribution is -2.12. The zero-order valence-corrected chi connectivity index (χ0v) is 16.3. The van der Waals surface area contributed by atoms with Gasteiger partial charge >= 0.3 is 0 Å². The molecular weight excluding hydrogens is 373 g/mol. The Kier molecular flexibility index (Phi) is 8.59. The summed E-state index contributed by atoms with van der Waals surface area (Å²) in [5, 5.41) is 3.88. The van der Waals surface area contributed by atoms with Crippen LogP contribution in [0.3, 0.4) is 0 Å². The second-order valence-corrected chi connectivity index (χ2v) is 6.64. The molecule has 0 heterocycles. The van der Waals surface area contributed by atoms with Crippen LogP contribution in [0, 0.1) is 0 Å². The third kappa shape index (κ3) is 7.14. The van der Waals surface area contributed by atoms with Gasteiger partial charge in [0, 0.05) is 17.1 Å². The maximum absolute atomic E-state index is 12.0. The highest BCUT2D eigenvalue weighted by Crippen LogP contribution is 2.27. The Hall–Kier alpha value is -1.91. The van der Waals surface area contributed by atoms with Crippen molar-refractivity contribution in [3.05, 3.63) is 52.5 Å². The molecule has 0 aliphatic carbocycles. The van der Waals surface area contributed by atoms with Crippen molar-refractivity contribution in [1.29, 1.82) is 0 Å². The molecule has 4 nitrogen and oxygen atoms in total. The Morgan fingerprint density at radius 2 is 1.73 bits per heavy atom. The monoisotopic (exact) mass is 395 g/mol. The van der Waals surface area contributed by atoms with Gasteiger partial charge in [-0.05, 0) is 55.3 Å². The van der Waals surface area contributed by atoms with Crippen LogP contribution < -0.4 is 14.8 Å². The smallest absolute Gasteiger partial charge is 0.224 e. The molecule has 0 radical (unpaired) electrons. The van der Waals surface area contributed by atoms with Crippen LogP contribution in [0.2, 0.25) is 10.0 Å². The minimum absolute atomic E-state index is 0.0598. The van der Waals surface area contributed by atoms with Crippen LogP contribution in [0.4, 0.5) is 5.69 Å². The normalized spacial score (nSPS) is 10.4. The third-order valence-corrected chi connectivity index (χ3v) is 4.13. The van der Waals surface area contributed by atoms with Crippen LogP contribution in [0.25, 0.3) is 0 Å². The molecule has 0 unspecified atom stereocenters.